The molecule has 1 amide bonds. The smallest absolute Gasteiger partial charge is 0.243 e. The molecule has 27 heavy (non-hydrogen) atoms. The van der Waals surface area contributed by atoms with Crippen LogP contribution in [0.25, 0.3) is 17.1 Å². The van der Waals surface area contributed by atoms with E-state index < -0.39 is 0 Å². The van der Waals surface area contributed by atoms with E-state index >= 15 is 0 Å². The summed E-state index contributed by atoms with van der Waals surface area (Å²) in [6, 6.07) is 7.71. The van der Waals surface area contributed by atoms with Gasteiger partial charge in [0.15, 0.2) is 0 Å². The second-order valence-electron chi connectivity index (χ2n) is 6.85. The van der Waals surface area contributed by atoms with E-state index in [4.69, 9.17) is 0 Å². The van der Waals surface area contributed by atoms with Crippen molar-refractivity contribution in [1.82, 2.24) is 45.7 Å². The Morgan fingerprint density at radius 1 is 1.22 bits per heavy atom. The first-order valence-electron chi connectivity index (χ1n) is 9.10. The third-order valence-corrected chi connectivity index (χ3v) is 4.94. The predicted molar refractivity (Wildman–Crippen MR) is 95.5 cm³/mol. The van der Waals surface area contributed by atoms with Gasteiger partial charge in [0.2, 0.25) is 11.7 Å². The first kappa shape index (κ1) is 17.3. The van der Waals surface area contributed by atoms with Crippen LogP contribution in [0.15, 0.2) is 30.6 Å². The lowest BCUT2D eigenvalue weighted by Gasteiger charge is -2.29. The third-order valence-electron chi connectivity index (χ3n) is 4.94. The molecule has 1 aromatic carbocycles. The van der Waals surface area contributed by atoms with Gasteiger partial charge in [0, 0.05) is 11.6 Å². The van der Waals surface area contributed by atoms with Crippen molar-refractivity contribution in [3.05, 3.63) is 30.6 Å². The summed E-state index contributed by atoms with van der Waals surface area (Å²) in [7, 11) is 0. The van der Waals surface area contributed by atoms with E-state index in [1.165, 1.54) is 22.2 Å². The minimum Gasteiger partial charge on any atom is -0.351 e. The van der Waals surface area contributed by atoms with Gasteiger partial charge in [-0.1, -0.05) is 31.9 Å². The molecule has 0 spiro atoms. The van der Waals surface area contributed by atoms with Gasteiger partial charge in [0.1, 0.15) is 12.9 Å². The fourth-order valence-corrected chi connectivity index (χ4v) is 3.46. The standard InChI is InChI=1S/C17H21N9O/c1-12-6-2-4-8-14(12)19-16(27)10-26-21-17(20-23-26)13-7-3-5-9-15(13)25-11-18-22-24-25/h3,5,7,9,11-12,14H,2,4,6,8,10H2,1H3,(H,19,27)/t12-,14-/m0/s1. The molecule has 4 rings (SSSR count). The van der Waals surface area contributed by atoms with E-state index in [-0.39, 0.29) is 18.5 Å². The molecule has 1 aliphatic carbocycles. The van der Waals surface area contributed by atoms with E-state index in [1.807, 2.05) is 24.3 Å². The van der Waals surface area contributed by atoms with Gasteiger partial charge in [-0.15, -0.1) is 15.3 Å². The number of rotatable bonds is 5. The molecule has 1 saturated carbocycles. The van der Waals surface area contributed by atoms with E-state index in [0.717, 1.165) is 30.5 Å². The second-order valence-corrected chi connectivity index (χ2v) is 6.85. The van der Waals surface area contributed by atoms with Crippen LogP contribution in [0.2, 0.25) is 0 Å². The highest BCUT2D eigenvalue weighted by Gasteiger charge is 2.23. The Morgan fingerprint density at radius 2 is 2.07 bits per heavy atom. The number of carbonyl (C=O) groups excluding carboxylic acids is 1. The normalized spacial score (nSPS) is 19.7. The van der Waals surface area contributed by atoms with Crippen LogP contribution < -0.4 is 5.32 Å². The molecule has 2 aromatic heterocycles. The van der Waals surface area contributed by atoms with Crippen molar-refractivity contribution in [2.45, 2.75) is 45.2 Å². The Kier molecular flexibility index (Phi) is 4.86. The topological polar surface area (TPSA) is 116 Å². The van der Waals surface area contributed by atoms with Crippen molar-refractivity contribution < 1.29 is 4.79 Å². The summed E-state index contributed by atoms with van der Waals surface area (Å²) in [6.07, 6.45) is 6.09. The molecule has 3 aromatic rings. The lowest BCUT2D eigenvalue weighted by molar-refractivity contribution is -0.123. The highest BCUT2D eigenvalue weighted by molar-refractivity contribution is 5.76. The molecule has 2 atom stereocenters. The van der Waals surface area contributed by atoms with Gasteiger partial charge in [0.05, 0.1) is 5.69 Å². The first-order valence-corrected chi connectivity index (χ1v) is 9.10. The lowest BCUT2D eigenvalue weighted by Crippen LogP contribution is -2.42. The Morgan fingerprint density at radius 3 is 2.89 bits per heavy atom. The number of aromatic nitrogens is 8. The molecule has 1 N–H and O–H groups in total. The van der Waals surface area contributed by atoms with Gasteiger partial charge >= 0.3 is 0 Å². The molecule has 0 saturated heterocycles. The van der Waals surface area contributed by atoms with Gasteiger partial charge < -0.3 is 5.32 Å². The monoisotopic (exact) mass is 367 g/mol. The molecule has 2 heterocycles. The molecule has 1 aliphatic rings. The number of nitrogens with zero attached hydrogens (tertiary/aromatic N) is 8. The summed E-state index contributed by atoms with van der Waals surface area (Å²) in [5.41, 5.74) is 1.47. The highest BCUT2D eigenvalue weighted by Crippen LogP contribution is 2.24. The SMILES string of the molecule is C[C@H]1CCCC[C@@H]1NC(=O)Cn1nnc(-c2ccccc2-n2cnnn2)n1. The third kappa shape index (κ3) is 3.83. The number of benzene rings is 1. The van der Waals surface area contributed by atoms with Crippen molar-refractivity contribution in [3.63, 3.8) is 0 Å². The van der Waals surface area contributed by atoms with Gasteiger partial charge in [-0.05, 0) is 46.5 Å². The maximum atomic E-state index is 12.4. The summed E-state index contributed by atoms with van der Waals surface area (Å²) in [4.78, 5) is 13.7. The van der Waals surface area contributed by atoms with Crippen LogP contribution in [0.4, 0.5) is 0 Å². The number of nitrogens with one attached hydrogen (secondary N) is 1. The maximum Gasteiger partial charge on any atom is 0.243 e. The number of hydrogen-bond donors (Lipinski definition) is 1. The molecule has 10 nitrogen and oxygen atoms in total. The number of hydrogen-bond acceptors (Lipinski definition) is 7. The first-order chi connectivity index (χ1) is 13.2. The van der Waals surface area contributed by atoms with Crippen molar-refractivity contribution >= 4 is 5.91 Å². The fourth-order valence-electron chi connectivity index (χ4n) is 3.46. The average molecular weight is 367 g/mol. The van der Waals surface area contributed by atoms with E-state index in [0.29, 0.717) is 11.7 Å². The number of para-hydroxylation sites is 1. The highest BCUT2D eigenvalue weighted by atomic mass is 16.2. The Labute approximate surface area is 156 Å². The van der Waals surface area contributed by atoms with Crippen molar-refractivity contribution in [2.24, 2.45) is 5.92 Å². The van der Waals surface area contributed by atoms with Crippen LogP contribution in [-0.4, -0.2) is 52.4 Å². The molecule has 10 heteroatoms. The minimum absolute atomic E-state index is 0.0449. The summed E-state index contributed by atoms with van der Waals surface area (Å²) in [5, 5.41) is 26.8. The van der Waals surface area contributed by atoms with Gasteiger partial charge in [-0.3, -0.25) is 4.79 Å². The molecule has 0 unspecified atom stereocenters. The quantitative estimate of drug-likeness (QED) is 0.715. The Bertz CT molecular complexity index is 905. The molecular formula is C17H21N9O. The summed E-state index contributed by atoms with van der Waals surface area (Å²) >= 11 is 0. The van der Waals surface area contributed by atoms with Crippen molar-refractivity contribution in [1.29, 1.82) is 0 Å². The predicted octanol–water partition coefficient (Wildman–Crippen LogP) is 1.01. The number of amides is 1. The van der Waals surface area contributed by atoms with Gasteiger partial charge in [-0.2, -0.15) is 9.48 Å². The van der Waals surface area contributed by atoms with Crippen molar-refractivity contribution in [3.8, 4) is 17.1 Å². The molecule has 140 valence electrons. The zero-order valence-electron chi connectivity index (χ0n) is 15.1. The zero-order valence-corrected chi connectivity index (χ0v) is 15.1. The van der Waals surface area contributed by atoms with E-state index in [2.05, 4.69) is 43.2 Å². The zero-order chi connectivity index (χ0) is 18.6. The van der Waals surface area contributed by atoms with Crippen LogP contribution in [0.1, 0.15) is 32.6 Å². The largest absolute Gasteiger partial charge is 0.351 e. The van der Waals surface area contributed by atoms with Crippen LogP contribution >= 0.6 is 0 Å². The maximum absolute atomic E-state index is 12.4. The summed E-state index contributed by atoms with van der Waals surface area (Å²) < 4.78 is 1.53. The van der Waals surface area contributed by atoms with Crippen LogP contribution in [0.5, 0.6) is 0 Å². The van der Waals surface area contributed by atoms with E-state index in [1.54, 1.807) is 0 Å². The van der Waals surface area contributed by atoms with Gasteiger partial charge in [-0.25, -0.2) is 0 Å². The minimum atomic E-state index is -0.0912. The molecule has 0 bridgehead atoms. The van der Waals surface area contributed by atoms with Crippen LogP contribution in [-0.2, 0) is 11.3 Å². The number of tetrazole rings is 2. The van der Waals surface area contributed by atoms with Crippen molar-refractivity contribution in [2.75, 3.05) is 0 Å². The fraction of sp³-hybridized carbons (Fsp3) is 0.471. The lowest BCUT2D eigenvalue weighted by atomic mass is 9.86. The number of carbonyl (C=O) groups is 1. The van der Waals surface area contributed by atoms with E-state index in [9.17, 15) is 4.79 Å². The summed E-state index contributed by atoms with van der Waals surface area (Å²) in [5.74, 6) is 0.830. The average Bonchev–Trinajstić information content (AvgIpc) is 3.36. The molecule has 1 fully saturated rings. The summed E-state index contributed by atoms with van der Waals surface area (Å²) in [6.45, 7) is 2.23. The molecule has 0 aliphatic heterocycles. The molecular weight excluding hydrogens is 346 g/mol. The Balaban J connectivity index is 1.47. The second kappa shape index (κ2) is 7.60. The van der Waals surface area contributed by atoms with Gasteiger partial charge in [0.25, 0.3) is 0 Å². The van der Waals surface area contributed by atoms with Crippen LogP contribution in [0, 0.1) is 5.92 Å². The molecule has 0 radical (unpaired) electrons. The van der Waals surface area contributed by atoms with Crippen LogP contribution in [0.3, 0.4) is 0 Å². The Hall–Kier alpha value is -3.17.